The van der Waals surface area contributed by atoms with Crippen molar-refractivity contribution in [3.8, 4) is 0 Å². The van der Waals surface area contributed by atoms with Gasteiger partial charge in [0, 0.05) is 18.7 Å². The summed E-state index contributed by atoms with van der Waals surface area (Å²) in [4.78, 5) is 5.39. The predicted octanol–water partition coefficient (Wildman–Crippen LogP) is 3.76. The number of imidazole rings is 1. The molecule has 6 heteroatoms. The molecule has 1 saturated heterocycles. The molecular formula is C13H15ClFN3S. The molecule has 0 saturated carbocycles. The fourth-order valence-electron chi connectivity index (χ4n) is 2.83. The molecular weight excluding hydrogens is 285 g/mol. The maximum Gasteiger partial charge on any atom is 0.178 e. The normalized spacial score (nSPS) is 21.1. The van der Waals surface area contributed by atoms with Crippen LogP contribution >= 0.6 is 23.8 Å². The number of nitrogens with zero attached hydrogens (tertiary/aromatic N) is 2. The van der Waals surface area contributed by atoms with E-state index < -0.39 is 5.82 Å². The lowest BCUT2D eigenvalue weighted by atomic mass is 10.1. The molecule has 1 aromatic carbocycles. The number of likely N-dealkylation sites (N-methyl/N-ethyl adjacent to an activating group) is 1. The molecule has 1 N–H and O–H groups in total. The largest absolute Gasteiger partial charge is 0.331 e. The Morgan fingerprint density at radius 3 is 3.00 bits per heavy atom. The van der Waals surface area contributed by atoms with Crippen LogP contribution in [0.15, 0.2) is 12.1 Å². The molecule has 3 rings (SSSR count). The van der Waals surface area contributed by atoms with E-state index >= 15 is 0 Å². The van der Waals surface area contributed by atoms with E-state index in [0.29, 0.717) is 10.8 Å². The number of H-pyrrole nitrogens is 1. The summed E-state index contributed by atoms with van der Waals surface area (Å²) in [7, 11) is 2.10. The second-order valence-corrected chi connectivity index (χ2v) is 5.94. The molecule has 0 spiro atoms. The summed E-state index contributed by atoms with van der Waals surface area (Å²) >= 11 is 11.2. The zero-order valence-electron chi connectivity index (χ0n) is 10.6. The van der Waals surface area contributed by atoms with Gasteiger partial charge < -0.3 is 14.5 Å². The van der Waals surface area contributed by atoms with Crippen molar-refractivity contribution in [3.05, 3.63) is 27.7 Å². The van der Waals surface area contributed by atoms with Crippen molar-refractivity contribution in [1.82, 2.24) is 14.5 Å². The van der Waals surface area contributed by atoms with Crippen LogP contribution in [0, 0.1) is 10.6 Å². The number of benzene rings is 1. The third-order valence-corrected chi connectivity index (χ3v) is 4.31. The third-order valence-electron chi connectivity index (χ3n) is 3.72. The Labute approximate surface area is 121 Å². The van der Waals surface area contributed by atoms with Gasteiger partial charge in [0.1, 0.15) is 5.82 Å². The van der Waals surface area contributed by atoms with E-state index in [4.69, 9.17) is 23.8 Å². The first-order valence-corrected chi connectivity index (χ1v) is 7.12. The van der Waals surface area contributed by atoms with Crippen LogP contribution in [0.4, 0.5) is 4.39 Å². The van der Waals surface area contributed by atoms with Crippen molar-refractivity contribution < 1.29 is 4.39 Å². The molecule has 0 bridgehead atoms. The number of aromatic amines is 1. The Kier molecular flexibility index (Phi) is 3.37. The molecule has 1 aromatic heterocycles. The molecule has 102 valence electrons. The van der Waals surface area contributed by atoms with E-state index in [1.54, 1.807) is 6.07 Å². The third kappa shape index (κ3) is 2.30. The predicted molar refractivity (Wildman–Crippen MR) is 77.9 cm³/mol. The van der Waals surface area contributed by atoms with Crippen molar-refractivity contribution in [3.63, 3.8) is 0 Å². The van der Waals surface area contributed by atoms with Crippen LogP contribution in [0.25, 0.3) is 11.0 Å². The summed E-state index contributed by atoms with van der Waals surface area (Å²) < 4.78 is 16.3. The summed E-state index contributed by atoms with van der Waals surface area (Å²) in [6, 6.07) is 3.37. The Morgan fingerprint density at radius 2 is 2.26 bits per heavy atom. The highest BCUT2D eigenvalue weighted by Gasteiger charge is 2.21. The Hall–Kier alpha value is -0.910. The molecule has 0 radical (unpaired) electrons. The topological polar surface area (TPSA) is 24.0 Å². The van der Waals surface area contributed by atoms with E-state index in [1.807, 2.05) is 4.57 Å². The fourth-order valence-corrected chi connectivity index (χ4v) is 3.35. The molecule has 1 unspecified atom stereocenters. The minimum atomic E-state index is -0.402. The van der Waals surface area contributed by atoms with Gasteiger partial charge in [-0.25, -0.2) is 4.39 Å². The quantitative estimate of drug-likeness (QED) is 0.811. The first kappa shape index (κ1) is 13.1. The van der Waals surface area contributed by atoms with E-state index in [0.717, 1.165) is 37.0 Å². The van der Waals surface area contributed by atoms with Crippen LogP contribution in [-0.4, -0.2) is 34.6 Å². The van der Waals surface area contributed by atoms with Crippen LogP contribution < -0.4 is 0 Å². The maximum absolute atomic E-state index is 13.7. The van der Waals surface area contributed by atoms with Gasteiger partial charge in [-0.3, -0.25) is 0 Å². The van der Waals surface area contributed by atoms with Crippen molar-refractivity contribution in [2.45, 2.75) is 18.9 Å². The number of hydrogen-bond donors (Lipinski definition) is 1. The Bertz CT molecular complexity index is 678. The second kappa shape index (κ2) is 4.89. The summed E-state index contributed by atoms with van der Waals surface area (Å²) in [5.74, 6) is -0.402. The summed E-state index contributed by atoms with van der Waals surface area (Å²) in [5.41, 5.74) is 1.59. The van der Waals surface area contributed by atoms with E-state index in [-0.39, 0.29) is 5.02 Å². The molecule has 2 heterocycles. The van der Waals surface area contributed by atoms with Crippen LogP contribution in [0.5, 0.6) is 0 Å². The van der Waals surface area contributed by atoms with Crippen molar-refractivity contribution >= 4 is 34.9 Å². The number of fused-ring (bicyclic) bond motifs is 1. The molecule has 1 fully saturated rings. The molecule has 1 atom stereocenters. The second-order valence-electron chi connectivity index (χ2n) is 5.14. The number of aromatic nitrogens is 2. The van der Waals surface area contributed by atoms with Gasteiger partial charge in [-0.15, -0.1) is 0 Å². The van der Waals surface area contributed by atoms with Gasteiger partial charge in [0.25, 0.3) is 0 Å². The number of likely N-dealkylation sites (tertiary alicyclic amines) is 1. The molecule has 0 aliphatic carbocycles. The van der Waals surface area contributed by atoms with E-state index in [9.17, 15) is 4.39 Å². The number of piperidine rings is 1. The molecule has 0 amide bonds. The number of rotatable bonds is 1. The average molecular weight is 300 g/mol. The highest BCUT2D eigenvalue weighted by Crippen LogP contribution is 2.28. The zero-order valence-corrected chi connectivity index (χ0v) is 12.2. The molecule has 2 aromatic rings. The summed E-state index contributed by atoms with van der Waals surface area (Å²) in [5, 5.41) is 0.122. The van der Waals surface area contributed by atoms with E-state index in [2.05, 4.69) is 16.9 Å². The first-order valence-electron chi connectivity index (χ1n) is 6.34. The highest BCUT2D eigenvalue weighted by atomic mass is 35.5. The van der Waals surface area contributed by atoms with Gasteiger partial charge in [0.2, 0.25) is 0 Å². The van der Waals surface area contributed by atoms with Gasteiger partial charge >= 0.3 is 0 Å². The number of halogens is 2. The molecule has 3 nitrogen and oxygen atoms in total. The van der Waals surface area contributed by atoms with Crippen LogP contribution in [0.3, 0.4) is 0 Å². The summed E-state index contributed by atoms with van der Waals surface area (Å²) in [6.45, 7) is 2.04. The van der Waals surface area contributed by atoms with Crippen molar-refractivity contribution in [2.75, 3.05) is 20.1 Å². The minimum absolute atomic E-state index is 0.122. The Balaban J connectivity index is 2.14. The fraction of sp³-hybridized carbons (Fsp3) is 0.462. The zero-order chi connectivity index (χ0) is 13.6. The van der Waals surface area contributed by atoms with Crippen molar-refractivity contribution in [2.24, 2.45) is 0 Å². The average Bonchev–Trinajstić information content (AvgIpc) is 2.65. The lowest BCUT2D eigenvalue weighted by Crippen LogP contribution is -2.33. The van der Waals surface area contributed by atoms with Crippen LogP contribution in [0.2, 0.25) is 5.02 Å². The smallest absolute Gasteiger partial charge is 0.178 e. The standard InChI is InChI=1S/C13H15ClFN3S/c1-17-4-2-3-8(7-17)18-12-6-10(15)9(14)5-11(12)16-13(18)19/h5-6,8H,2-4,7H2,1H3,(H,16,19). The van der Waals surface area contributed by atoms with E-state index in [1.165, 1.54) is 6.07 Å². The summed E-state index contributed by atoms with van der Waals surface area (Å²) in [6.07, 6.45) is 2.20. The monoisotopic (exact) mass is 299 g/mol. The van der Waals surface area contributed by atoms with Crippen LogP contribution in [0.1, 0.15) is 18.9 Å². The van der Waals surface area contributed by atoms with Crippen molar-refractivity contribution in [1.29, 1.82) is 0 Å². The van der Waals surface area contributed by atoms with Gasteiger partial charge in [0.05, 0.1) is 16.1 Å². The van der Waals surface area contributed by atoms with Gasteiger partial charge in [-0.2, -0.15) is 0 Å². The lowest BCUT2D eigenvalue weighted by molar-refractivity contribution is 0.214. The lowest BCUT2D eigenvalue weighted by Gasteiger charge is -2.30. The molecule has 1 aliphatic rings. The van der Waals surface area contributed by atoms with Gasteiger partial charge in [-0.1, -0.05) is 11.6 Å². The SMILES string of the molecule is CN1CCCC(n2c(=S)[nH]c3cc(Cl)c(F)cc32)C1. The number of hydrogen-bond acceptors (Lipinski definition) is 2. The van der Waals surface area contributed by atoms with Gasteiger partial charge in [-0.05, 0) is 44.7 Å². The number of nitrogens with one attached hydrogen (secondary N) is 1. The first-order chi connectivity index (χ1) is 9.06. The van der Waals surface area contributed by atoms with Crippen LogP contribution in [-0.2, 0) is 0 Å². The minimum Gasteiger partial charge on any atom is -0.331 e. The molecule has 19 heavy (non-hydrogen) atoms. The molecule has 1 aliphatic heterocycles. The maximum atomic E-state index is 13.7. The van der Waals surface area contributed by atoms with Gasteiger partial charge in [0.15, 0.2) is 4.77 Å². The highest BCUT2D eigenvalue weighted by molar-refractivity contribution is 7.71. The Morgan fingerprint density at radius 1 is 1.47 bits per heavy atom.